The van der Waals surface area contributed by atoms with Gasteiger partial charge in [-0.2, -0.15) is 0 Å². The molecule has 0 aliphatic rings. The molecule has 0 radical (unpaired) electrons. The summed E-state index contributed by atoms with van der Waals surface area (Å²) in [4.78, 5) is 13.4. The van der Waals surface area contributed by atoms with E-state index < -0.39 is 0 Å². The van der Waals surface area contributed by atoms with E-state index in [0.717, 1.165) is 25.9 Å². The van der Waals surface area contributed by atoms with E-state index in [1.54, 1.807) is 0 Å². The van der Waals surface area contributed by atoms with Crippen LogP contribution in [0.2, 0.25) is 0 Å². The molecule has 0 fully saturated rings. The number of nitrogens with zero attached hydrogens (tertiary/aromatic N) is 1. The third-order valence-corrected chi connectivity index (χ3v) is 2.69. The Bertz CT molecular complexity index is 200. The largest absolute Gasteiger partial charge is 0.443 e. The molecule has 0 N–H and O–H groups in total. The molecule has 0 aromatic heterocycles. The van der Waals surface area contributed by atoms with Crippen molar-refractivity contribution in [3.05, 3.63) is 12.7 Å². The molecule has 0 spiro atoms. The van der Waals surface area contributed by atoms with Gasteiger partial charge in [-0.25, -0.2) is 4.79 Å². The molecule has 0 saturated carbocycles. The zero-order valence-electron chi connectivity index (χ0n) is 10.9. The van der Waals surface area contributed by atoms with Gasteiger partial charge in [0.15, 0.2) is 6.23 Å². The molecule has 0 bridgehead atoms. The van der Waals surface area contributed by atoms with Crippen LogP contribution in [0.3, 0.4) is 0 Å². The number of unbranched alkanes of at least 4 members (excludes halogenated alkanes) is 2. The van der Waals surface area contributed by atoms with Crippen LogP contribution in [0.1, 0.15) is 46.5 Å². The zero-order valence-corrected chi connectivity index (χ0v) is 10.9. The van der Waals surface area contributed by atoms with Crippen molar-refractivity contribution in [1.29, 1.82) is 0 Å². The Kier molecular flexibility index (Phi) is 8.91. The van der Waals surface area contributed by atoms with Gasteiger partial charge in [-0.05, 0) is 25.9 Å². The summed E-state index contributed by atoms with van der Waals surface area (Å²) in [6.07, 6.45) is 5.52. The standard InChI is InChI=1S/C13H25NO2/c1-5-9-10-11-12(14(7-3)8-4)16-13(15)6-2/h6,12H,2,5,7-11H2,1,3-4H3. The maximum Gasteiger partial charge on any atom is 0.331 e. The van der Waals surface area contributed by atoms with Gasteiger partial charge >= 0.3 is 5.97 Å². The van der Waals surface area contributed by atoms with Crippen LogP contribution in [-0.2, 0) is 9.53 Å². The highest BCUT2D eigenvalue weighted by Gasteiger charge is 2.18. The molecule has 0 aromatic carbocycles. The Morgan fingerprint density at radius 2 is 1.94 bits per heavy atom. The van der Waals surface area contributed by atoms with Crippen LogP contribution >= 0.6 is 0 Å². The number of carbonyl (C=O) groups is 1. The lowest BCUT2D eigenvalue weighted by molar-refractivity contribution is -0.153. The molecule has 0 aromatic rings. The first-order chi connectivity index (χ1) is 7.69. The van der Waals surface area contributed by atoms with Crippen molar-refractivity contribution in [2.24, 2.45) is 0 Å². The lowest BCUT2D eigenvalue weighted by Gasteiger charge is -2.28. The van der Waals surface area contributed by atoms with Crippen molar-refractivity contribution >= 4 is 5.97 Å². The van der Waals surface area contributed by atoms with Crippen LogP contribution in [0.15, 0.2) is 12.7 Å². The average molecular weight is 227 g/mol. The number of rotatable bonds is 9. The fourth-order valence-electron chi connectivity index (χ4n) is 1.70. The predicted molar refractivity (Wildman–Crippen MR) is 67.1 cm³/mol. The first-order valence-corrected chi connectivity index (χ1v) is 6.26. The molecule has 1 unspecified atom stereocenters. The van der Waals surface area contributed by atoms with Gasteiger partial charge in [0.05, 0.1) is 0 Å². The molecule has 3 heteroatoms. The summed E-state index contributed by atoms with van der Waals surface area (Å²) in [6, 6.07) is 0. The Labute approximate surface area is 99.5 Å². The minimum Gasteiger partial charge on any atom is -0.443 e. The van der Waals surface area contributed by atoms with Gasteiger partial charge in [0.25, 0.3) is 0 Å². The molecule has 0 aliphatic heterocycles. The Morgan fingerprint density at radius 3 is 2.38 bits per heavy atom. The fraction of sp³-hybridized carbons (Fsp3) is 0.769. The molecule has 94 valence electrons. The highest BCUT2D eigenvalue weighted by atomic mass is 16.6. The van der Waals surface area contributed by atoms with Crippen LogP contribution in [0.25, 0.3) is 0 Å². The van der Waals surface area contributed by atoms with Crippen molar-refractivity contribution in [3.63, 3.8) is 0 Å². The van der Waals surface area contributed by atoms with Crippen molar-refractivity contribution in [2.45, 2.75) is 52.7 Å². The summed E-state index contributed by atoms with van der Waals surface area (Å²) >= 11 is 0. The minimum atomic E-state index is -0.326. The second kappa shape index (κ2) is 9.40. The fourth-order valence-corrected chi connectivity index (χ4v) is 1.70. The van der Waals surface area contributed by atoms with E-state index in [-0.39, 0.29) is 12.2 Å². The van der Waals surface area contributed by atoms with Crippen LogP contribution < -0.4 is 0 Å². The summed E-state index contributed by atoms with van der Waals surface area (Å²) in [5.74, 6) is -0.326. The van der Waals surface area contributed by atoms with E-state index in [1.807, 2.05) is 0 Å². The molecular formula is C13H25NO2. The molecule has 0 aliphatic carbocycles. The summed E-state index contributed by atoms with van der Waals surface area (Å²) in [5, 5.41) is 0. The van der Waals surface area contributed by atoms with E-state index >= 15 is 0 Å². The van der Waals surface area contributed by atoms with Crippen LogP contribution in [0, 0.1) is 0 Å². The van der Waals surface area contributed by atoms with Crippen LogP contribution in [0.4, 0.5) is 0 Å². The minimum absolute atomic E-state index is 0.0907. The molecule has 1 atom stereocenters. The zero-order chi connectivity index (χ0) is 12.4. The molecule has 0 saturated heterocycles. The molecule has 16 heavy (non-hydrogen) atoms. The van der Waals surface area contributed by atoms with Gasteiger partial charge < -0.3 is 4.74 Å². The second-order valence-electron chi connectivity index (χ2n) is 3.81. The van der Waals surface area contributed by atoms with Gasteiger partial charge in [-0.15, -0.1) is 0 Å². The Balaban J connectivity index is 4.24. The summed E-state index contributed by atoms with van der Waals surface area (Å²) < 4.78 is 5.36. The lowest BCUT2D eigenvalue weighted by atomic mass is 10.2. The van der Waals surface area contributed by atoms with Gasteiger partial charge in [0.2, 0.25) is 0 Å². The van der Waals surface area contributed by atoms with Crippen molar-refractivity contribution in [3.8, 4) is 0 Å². The number of hydrogen-bond acceptors (Lipinski definition) is 3. The third kappa shape index (κ3) is 5.91. The van der Waals surface area contributed by atoms with E-state index in [9.17, 15) is 4.79 Å². The third-order valence-electron chi connectivity index (χ3n) is 2.69. The van der Waals surface area contributed by atoms with E-state index in [1.165, 1.54) is 18.9 Å². The highest BCUT2D eigenvalue weighted by Crippen LogP contribution is 2.11. The highest BCUT2D eigenvalue weighted by molar-refractivity contribution is 5.81. The average Bonchev–Trinajstić information content (AvgIpc) is 2.30. The van der Waals surface area contributed by atoms with Gasteiger partial charge in [0, 0.05) is 6.08 Å². The predicted octanol–water partition coefficient (Wildman–Crippen LogP) is 2.96. The van der Waals surface area contributed by atoms with E-state index in [2.05, 4.69) is 32.3 Å². The SMILES string of the molecule is C=CC(=O)OC(CCCCC)N(CC)CC. The number of ether oxygens (including phenoxy) is 1. The molecule has 0 rings (SSSR count). The maximum atomic E-state index is 11.2. The monoisotopic (exact) mass is 227 g/mol. The van der Waals surface area contributed by atoms with Crippen molar-refractivity contribution in [2.75, 3.05) is 13.1 Å². The smallest absolute Gasteiger partial charge is 0.331 e. The number of carbonyl (C=O) groups excluding carboxylic acids is 1. The number of esters is 1. The Hall–Kier alpha value is -0.830. The topological polar surface area (TPSA) is 29.5 Å². The molecule has 0 amide bonds. The normalized spacial score (nSPS) is 12.5. The first-order valence-electron chi connectivity index (χ1n) is 6.26. The van der Waals surface area contributed by atoms with Gasteiger partial charge in [0.1, 0.15) is 0 Å². The summed E-state index contributed by atoms with van der Waals surface area (Å²) in [5.41, 5.74) is 0. The summed E-state index contributed by atoms with van der Waals surface area (Å²) in [6.45, 7) is 11.6. The van der Waals surface area contributed by atoms with Gasteiger partial charge in [-0.1, -0.05) is 40.2 Å². The van der Waals surface area contributed by atoms with E-state index in [4.69, 9.17) is 4.74 Å². The molecule has 3 nitrogen and oxygen atoms in total. The first kappa shape index (κ1) is 15.2. The molecule has 0 heterocycles. The second-order valence-corrected chi connectivity index (χ2v) is 3.81. The van der Waals surface area contributed by atoms with E-state index in [0.29, 0.717) is 0 Å². The number of hydrogen-bond donors (Lipinski definition) is 0. The Morgan fingerprint density at radius 1 is 1.31 bits per heavy atom. The van der Waals surface area contributed by atoms with Gasteiger partial charge in [-0.3, -0.25) is 4.90 Å². The van der Waals surface area contributed by atoms with Crippen LogP contribution in [0.5, 0.6) is 0 Å². The molecular weight excluding hydrogens is 202 g/mol. The van der Waals surface area contributed by atoms with Crippen LogP contribution in [-0.4, -0.2) is 30.2 Å². The maximum absolute atomic E-state index is 11.2. The summed E-state index contributed by atoms with van der Waals surface area (Å²) in [7, 11) is 0. The van der Waals surface area contributed by atoms with Crippen molar-refractivity contribution < 1.29 is 9.53 Å². The lowest BCUT2D eigenvalue weighted by Crippen LogP contribution is -2.38. The van der Waals surface area contributed by atoms with Crippen molar-refractivity contribution in [1.82, 2.24) is 4.90 Å². The quantitative estimate of drug-likeness (QED) is 0.262.